The van der Waals surface area contributed by atoms with Crippen LogP contribution in [-0.4, -0.2) is 66.1 Å². The lowest BCUT2D eigenvalue weighted by Crippen LogP contribution is -2.35. The standard InChI is InChI=1S/C22H30N2O8/c1-2-6-20-19(5-1)29-17-15-27-13-11-25-9-10-26-12-14-28-16-18-30-23-24-32-22-8-4-3-7-21(22)31-20/h1-8,23-24H,9-18H2. The summed E-state index contributed by atoms with van der Waals surface area (Å²) in [5, 5.41) is 0. The molecule has 2 N–H and O–H groups in total. The minimum absolute atomic E-state index is 0.322. The summed E-state index contributed by atoms with van der Waals surface area (Å²) in [7, 11) is 0. The molecule has 0 unspecified atom stereocenters. The molecule has 0 aliphatic carbocycles. The Hall–Kier alpha value is -2.44. The first-order valence-corrected chi connectivity index (χ1v) is 10.5. The Kier molecular flexibility index (Phi) is 11.6. The third-order valence-corrected chi connectivity index (χ3v) is 4.12. The van der Waals surface area contributed by atoms with Crippen molar-refractivity contribution in [3.8, 4) is 23.0 Å². The number of benzene rings is 2. The van der Waals surface area contributed by atoms with Gasteiger partial charge in [-0.3, -0.25) is 4.84 Å². The molecule has 0 saturated carbocycles. The van der Waals surface area contributed by atoms with Gasteiger partial charge in [-0.1, -0.05) is 29.9 Å². The van der Waals surface area contributed by atoms with Gasteiger partial charge in [-0.2, -0.15) is 0 Å². The summed E-state index contributed by atoms with van der Waals surface area (Å²) in [6.45, 7) is 4.49. The minimum atomic E-state index is 0.322. The monoisotopic (exact) mass is 450 g/mol. The molecule has 2 aromatic rings. The van der Waals surface area contributed by atoms with Crippen LogP contribution < -0.4 is 25.5 Å². The van der Waals surface area contributed by atoms with Gasteiger partial charge in [-0.05, 0) is 24.3 Å². The summed E-state index contributed by atoms with van der Waals surface area (Å²) in [5.74, 6) is 2.12. The van der Waals surface area contributed by atoms with Crippen molar-refractivity contribution < 1.29 is 38.1 Å². The molecule has 176 valence electrons. The number of hydrogen-bond acceptors (Lipinski definition) is 10. The molecule has 0 spiro atoms. The molecule has 3 rings (SSSR count). The van der Waals surface area contributed by atoms with E-state index in [1.165, 1.54) is 0 Å². The van der Waals surface area contributed by atoms with E-state index in [0.717, 1.165) is 0 Å². The number of ether oxygens (including phenoxy) is 6. The van der Waals surface area contributed by atoms with Crippen LogP contribution in [0.4, 0.5) is 0 Å². The van der Waals surface area contributed by atoms with Crippen LogP contribution in [0, 0.1) is 0 Å². The van der Waals surface area contributed by atoms with Crippen LogP contribution in [0.15, 0.2) is 48.5 Å². The maximum Gasteiger partial charge on any atom is 0.191 e. The summed E-state index contributed by atoms with van der Waals surface area (Å²) in [5.41, 5.74) is 5.02. The van der Waals surface area contributed by atoms with Gasteiger partial charge in [0.15, 0.2) is 23.0 Å². The molecule has 0 atom stereocenters. The molecule has 0 fully saturated rings. The molecule has 32 heavy (non-hydrogen) atoms. The van der Waals surface area contributed by atoms with E-state index < -0.39 is 0 Å². The van der Waals surface area contributed by atoms with Gasteiger partial charge in [-0.25, -0.2) is 0 Å². The minimum Gasteiger partial charge on any atom is -0.487 e. The molecule has 0 amide bonds. The van der Waals surface area contributed by atoms with Gasteiger partial charge in [0.25, 0.3) is 0 Å². The molecular weight excluding hydrogens is 420 g/mol. The smallest absolute Gasteiger partial charge is 0.191 e. The predicted molar refractivity (Wildman–Crippen MR) is 115 cm³/mol. The van der Waals surface area contributed by atoms with E-state index in [1.807, 2.05) is 36.4 Å². The zero-order chi connectivity index (χ0) is 22.1. The van der Waals surface area contributed by atoms with Crippen LogP contribution in [0.1, 0.15) is 0 Å². The zero-order valence-corrected chi connectivity index (χ0v) is 18.0. The van der Waals surface area contributed by atoms with E-state index in [1.54, 1.807) is 12.1 Å². The van der Waals surface area contributed by atoms with E-state index in [2.05, 4.69) is 11.2 Å². The first-order valence-electron chi connectivity index (χ1n) is 10.5. The van der Waals surface area contributed by atoms with E-state index >= 15 is 0 Å². The van der Waals surface area contributed by atoms with Gasteiger partial charge < -0.3 is 33.3 Å². The molecule has 2 aromatic carbocycles. The van der Waals surface area contributed by atoms with Crippen LogP contribution >= 0.6 is 0 Å². The average Bonchev–Trinajstić information content (AvgIpc) is 2.82. The van der Waals surface area contributed by atoms with Crippen molar-refractivity contribution in [2.24, 2.45) is 0 Å². The van der Waals surface area contributed by atoms with E-state index in [9.17, 15) is 0 Å². The molecule has 0 saturated heterocycles. The Morgan fingerprint density at radius 3 is 1.56 bits per heavy atom. The Morgan fingerprint density at radius 2 is 0.938 bits per heavy atom. The van der Waals surface area contributed by atoms with Gasteiger partial charge >= 0.3 is 0 Å². The fourth-order valence-corrected chi connectivity index (χ4v) is 2.62. The van der Waals surface area contributed by atoms with E-state index in [-0.39, 0.29) is 0 Å². The largest absolute Gasteiger partial charge is 0.487 e. The number of nitrogens with one attached hydrogen (secondary N) is 2. The molecule has 1 aliphatic rings. The Labute approximate surface area is 187 Å². The lowest BCUT2D eigenvalue weighted by atomic mass is 10.3. The maximum absolute atomic E-state index is 6.03. The van der Waals surface area contributed by atoms with E-state index in [0.29, 0.717) is 89.1 Å². The number of rotatable bonds is 0. The van der Waals surface area contributed by atoms with Crippen LogP contribution in [0.3, 0.4) is 0 Å². The van der Waals surface area contributed by atoms with Crippen molar-refractivity contribution in [3.05, 3.63) is 48.5 Å². The summed E-state index contributed by atoms with van der Waals surface area (Å²) in [4.78, 5) is 10.7. The van der Waals surface area contributed by atoms with Crippen LogP contribution in [-0.2, 0) is 23.8 Å². The SMILES string of the molecule is c1ccc2c(c1)OCCOCCOCCOCCOCCONNOc1ccccc1O2. The fourth-order valence-electron chi connectivity index (χ4n) is 2.62. The lowest BCUT2D eigenvalue weighted by Gasteiger charge is -2.15. The van der Waals surface area contributed by atoms with E-state index in [4.69, 9.17) is 38.1 Å². The lowest BCUT2D eigenvalue weighted by molar-refractivity contribution is -0.0806. The Morgan fingerprint density at radius 1 is 0.469 bits per heavy atom. The summed E-state index contributed by atoms with van der Waals surface area (Å²) in [6, 6.07) is 14.6. The average molecular weight is 450 g/mol. The number of hydrazine groups is 1. The van der Waals surface area contributed by atoms with Crippen molar-refractivity contribution in [2.75, 3.05) is 66.1 Å². The summed E-state index contributed by atoms with van der Waals surface area (Å²) < 4.78 is 33.7. The molecule has 10 heteroatoms. The first-order chi connectivity index (χ1) is 15.9. The second-order valence-electron chi connectivity index (χ2n) is 6.45. The van der Waals surface area contributed by atoms with Crippen molar-refractivity contribution >= 4 is 0 Å². The molecule has 0 aromatic heterocycles. The van der Waals surface area contributed by atoms with Gasteiger partial charge in [0.05, 0.1) is 59.5 Å². The van der Waals surface area contributed by atoms with Gasteiger partial charge in [0.1, 0.15) is 6.61 Å². The second kappa shape index (κ2) is 15.4. The number of fused-ring (bicyclic) bond motifs is 2. The van der Waals surface area contributed by atoms with Crippen molar-refractivity contribution in [2.45, 2.75) is 0 Å². The van der Waals surface area contributed by atoms with Crippen LogP contribution in [0.5, 0.6) is 23.0 Å². The van der Waals surface area contributed by atoms with Crippen molar-refractivity contribution in [3.63, 3.8) is 0 Å². The van der Waals surface area contributed by atoms with Gasteiger partial charge in [0, 0.05) is 0 Å². The predicted octanol–water partition coefficient (Wildman–Crippen LogP) is 2.26. The third-order valence-electron chi connectivity index (χ3n) is 4.12. The highest BCUT2D eigenvalue weighted by atomic mass is 16.8. The van der Waals surface area contributed by atoms with Crippen molar-refractivity contribution in [1.82, 2.24) is 11.2 Å². The Balaban J connectivity index is 1.56. The van der Waals surface area contributed by atoms with Crippen LogP contribution in [0.25, 0.3) is 0 Å². The molecule has 10 nitrogen and oxygen atoms in total. The van der Waals surface area contributed by atoms with Gasteiger partial charge in [0.2, 0.25) is 0 Å². The normalized spacial score (nSPS) is 18.5. The summed E-state index contributed by atoms with van der Waals surface area (Å²) in [6.07, 6.45) is 0. The number of para-hydroxylation sites is 4. The number of hydrogen-bond donors (Lipinski definition) is 2. The second-order valence-corrected chi connectivity index (χ2v) is 6.45. The molecule has 1 heterocycles. The first kappa shape index (κ1) is 24.2. The molecule has 1 aliphatic heterocycles. The quantitative estimate of drug-likeness (QED) is 0.622. The van der Waals surface area contributed by atoms with Gasteiger partial charge in [-0.15, -0.1) is 5.59 Å². The topological polar surface area (TPSA) is 97.9 Å². The van der Waals surface area contributed by atoms with Crippen LogP contribution in [0.2, 0.25) is 0 Å². The highest BCUT2D eigenvalue weighted by Gasteiger charge is 2.10. The third kappa shape index (κ3) is 9.37. The highest BCUT2D eigenvalue weighted by molar-refractivity contribution is 5.47. The zero-order valence-electron chi connectivity index (χ0n) is 18.0. The fraction of sp³-hybridized carbons (Fsp3) is 0.455. The Bertz CT molecular complexity index is 703. The highest BCUT2D eigenvalue weighted by Crippen LogP contribution is 2.35. The molecular formula is C22H30N2O8. The molecule has 0 radical (unpaired) electrons. The van der Waals surface area contributed by atoms with Crippen molar-refractivity contribution in [1.29, 1.82) is 0 Å². The molecule has 0 bridgehead atoms. The summed E-state index contributed by atoms with van der Waals surface area (Å²) >= 11 is 0. The maximum atomic E-state index is 6.03.